The highest BCUT2D eigenvalue weighted by Crippen LogP contribution is 2.18. The average molecular weight is 351 g/mol. The van der Waals surface area contributed by atoms with E-state index in [1.807, 2.05) is 48.5 Å². The molecule has 26 heavy (non-hydrogen) atoms. The van der Waals surface area contributed by atoms with Crippen molar-refractivity contribution in [3.63, 3.8) is 0 Å². The second kappa shape index (κ2) is 9.15. The van der Waals surface area contributed by atoms with E-state index in [4.69, 9.17) is 0 Å². The van der Waals surface area contributed by atoms with E-state index in [-0.39, 0.29) is 30.3 Å². The SMILES string of the molecule is O=C(CC(NC(=O)c1ccccc1)c1ccccc1)NC1CCNCC1. The highest BCUT2D eigenvalue weighted by Gasteiger charge is 2.21. The van der Waals surface area contributed by atoms with Crippen LogP contribution in [0.25, 0.3) is 0 Å². The maximum atomic E-state index is 12.5. The third-order valence-electron chi connectivity index (χ3n) is 4.64. The van der Waals surface area contributed by atoms with Gasteiger partial charge in [0.05, 0.1) is 12.5 Å². The van der Waals surface area contributed by atoms with Gasteiger partial charge in [-0.25, -0.2) is 0 Å². The first kappa shape index (κ1) is 18.1. The smallest absolute Gasteiger partial charge is 0.251 e. The minimum absolute atomic E-state index is 0.0286. The lowest BCUT2D eigenvalue weighted by Crippen LogP contribution is -2.44. The summed E-state index contributed by atoms with van der Waals surface area (Å²) in [5.74, 6) is -0.201. The minimum Gasteiger partial charge on any atom is -0.353 e. The number of hydrogen-bond donors (Lipinski definition) is 3. The molecule has 0 bridgehead atoms. The normalized spacial score (nSPS) is 15.8. The van der Waals surface area contributed by atoms with Gasteiger partial charge in [-0.05, 0) is 43.6 Å². The predicted molar refractivity (Wildman–Crippen MR) is 102 cm³/mol. The fourth-order valence-corrected chi connectivity index (χ4v) is 3.21. The van der Waals surface area contributed by atoms with Crippen LogP contribution in [0.1, 0.15) is 41.2 Å². The largest absolute Gasteiger partial charge is 0.353 e. The third-order valence-corrected chi connectivity index (χ3v) is 4.64. The van der Waals surface area contributed by atoms with E-state index in [1.54, 1.807) is 12.1 Å². The van der Waals surface area contributed by atoms with E-state index in [1.165, 1.54) is 0 Å². The molecule has 1 unspecified atom stereocenters. The van der Waals surface area contributed by atoms with Gasteiger partial charge < -0.3 is 16.0 Å². The molecule has 0 spiro atoms. The Bertz CT molecular complexity index is 713. The fourth-order valence-electron chi connectivity index (χ4n) is 3.21. The molecule has 136 valence electrons. The van der Waals surface area contributed by atoms with E-state index in [0.717, 1.165) is 31.5 Å². The minimum atomic E-state index is -0.356. The van der Waals surface area contributed by atoms with E-state index < -0.39 is 0 Å². The van der Waals surface area contributed by atoms with Crippen LogP contribution in [-0.2, 0) is 4.79 Å². The lowest BCUT2D eigenvalue weighted by molar-refractivity contribution is -0.122. The van der Waals surface area contributed by atoms with Crippen LogP contribution in [0.4, 0.5) is 0 Å². The van der Waals surface area contributed by atoms with Crippen molar-refractivity contribution in [3.05, 3.63) is 71.8 Å². The highest BCUT2D eigenvalue weighted by molar-refractivity contribution is 5.94. The monoisotopic (exact) mass is 351 g/mol. The van der Waals surface area contributed by atoms with E-state index in [9.17, 15) is 9.59 Å². The van der Waals surface area contributed by atoms with Crippen LogP contribution >= 0.6 is 0 Å². The number of hydrogen-bond acceptors (Lipinski definition) is 3. The lowest BCUT2D eigenvalue weighted by atomic mass is 10.0. The number of carbonyl (C=O) groups excluding carboxylic acids is 2. The molecule has 2 aromatic carbocycles. The van der Waals surface area contributed by atoms with E-state index >= 15 is 0 Å². The first-order valence-electron chi connectivity index (χ1n) is 9.13. The number of rotatable bonds is 6. The lowest BCUT2D eigenvalue weighted by Gasteiger charge is -2.25. The Hall–Kier alpha value is -2.66. The molecular weight excluding hydrogens is 326 g/mol. The van der Waals surface area contributed by atoms with Crippen LogP contribution < -0.4 is 16.0 Å². The van der Waals surface area contributed by atoms with Gasteiger partial charge in [0.15, 0.2) is 0 Å². The van der Waals surface area contributed by atoms with Crippen LogP contribution in [0.3, 0.4) is 0 Å². The number of carbonyl (C=O) groups is 2. The Morgan fingerprint density at radius 1 is 0.962 bits per heavy atom. The summed E-state index contributed by atoms with van der Waals surface area (Å²) in [4.78, 5) is 25.1. The van der Waals surface area contributed by atoms with Gasteiger partial charge in [-0.1, -0.05) is 48.5 Å². The molecule has 0 aromatic heterocycles. The molecule has 1 saturated heterocycles. The van der Waals surface area contributed by atoms with Crippen LogP contribution in [0.15, 0.2) is 60.7 Å². The zero-order chi connectivity index (χ0) is 18.2. The summed E-state index contributed by atoms with van der Waals surface area (Å²) < 4.78 is 0. The molecule has 2 amide bonds. The van der Waals surface area contributed by atoms with Crippen molar-refractivity contribution < 1.29 is 9.59 Å². The van der Waals surface area contributed by atoms with Gasteiger partial charge in [-0.3, -0.25) is 9.59 Å². The van der Waals surface area contributed by atoms with Crippen molar-refractivity contribution >= 4 is 11.8 Å². The molecule has 1 atom stereocenters. The Morgan fingerprint density at radius 3 is 2.23 bits per heavy atom. The first-order chi connectivity index (χ1) is 12.7. The fraction of sp³-hybridized carbons (Fsp3) is 0.333. The molecule has 0 saturated carbocycles. The number of benzene rings is 2. The maximum Gasteiger partial charge on any atom is 0.251 e. The van der Waals surface area contributed by atoms with Gasteiger partial charge in [0, 0.05) is 11.6 Å². The summed E-state index contributed by atoms with van der Waals surface area (Å²) in [6.07, 6.45) is 2.11. The summed E-state index contributed by atoms with van der Waals surface area (Å²) >= 11 is 0. The van der Waals surface area contributed by atoms with Gasteiger partial charge in [-0.2, -0.15) is 0 Å². The molecule has 0 radical (unpaired) electrons. The van der Waals surface area contributed by atoms with Crippen molar-refractivity contribution in [2.75, 3.05) is 13.1 Å². The molecule has 5 heteroatoms. The zero-order valence-electron chi connectivity index (χ0n) is 14.8. The summed E-state index contributed by atoms with van der Waals surface area (Å²) in [5.41, 5.74) is 1.52. The summed E-state index contributed by atoms with van der Waals surface area (Å²) in [7, 11) is 0. The molecule has 1 aliphatic rings. The summed E-state index contributed by atoms with van der Waals surface area (Å²) in [5, 5.41) is 9.40. The van der Waals surface area contributed by atoms with Crippen molar-refractivity contribution in [2.24, 2.45) is 0 Å². The van der Waals surface area contributed by atoms with Crippen LogP contribution in [0, 0.1) is 0 Å². The zero-order valence-corrected chi connectivity index (χ0v) is 14.8. The van der Waals surface area contributed by atoms with Gasteiger partial charge >= 0.3 is 0 Å². The van der Waals surface area contributed by atoms with Gasteiger partial charge in [0.25, 0.3) is 5.91 Å². The predicted octanol–water partition coefficient (Wildman–Crippen LogP) is 2.42. The summed E-state index contributed by atoms with van der Waals surface area (Å²) in [6, 6.07) is 18.6. The topological polar surface area (TPSA) is 70.2 Å². The Balaban J connectivity index is 1.67. The molecular formula is C21H25N3O2. The van der Waals surface area contributed by atoms with Crippen molar-refractivity contribution in [2.45, 2.75) is 31.3 Å². The number of amides is 2. The Labute approximate surface area is 154 Å². The van der Waals surface area contributed by atoms with Crippen molar-refractivity contribution in [3.8, 4) is 0 Å². The molecule has 2 aromatic rings. The second-order valence-corrected chi connectivity index (χ2v) is 6.60. The third kappa shape index (κ3) is 5.17. The van der Waals surface area contributed by atoms with E-state index in [2.05, 4.69) is 16.0 Å². The molecule has 1 aliphatic heterocycles. The molecule has 3 rings (SSSR count). The average Bonchev–Trinajstić information content (AvgIpc) is 2.69. The van der Waals surface area contributed by atoms with Crippen LogP contribution in [-0.4, -0.2) is 30.9 Å². The standard InChI is InChI=1S/C21H25N3O2/c25-20(23-18-11-13-22-14-12-18)15-19(16-7-3-1-4-8-16)24-21(26)17-9-5-2-6-10-17/h1-10,18-19,22H,11-15H2,(H,23,25)(H,24,26). The van der Waals surface area contributed by atoms with Gasteiger partial charge in [0.1, 0.15) is 0 Å². The Kier molecular flexibility index (Phi) is 6.39. The maximum absolute atomic E-state index is 12.5. The Morgan fingerprint density at radius 2 is 1.58 bits per heavy atom. The summed E-state index contributed by atoms with van der Waals surface area (Å²) in [6.45, 7) is 1.86. The molecule has 3 N–H and O–H groups in total. The van der Waals surface area contributed by atoms with Crippen molar-refractivity contribution in [1.82, 2.24) is 16.0 Å². The van der Waals surface area contributed by atoms with Gasteiger partial charge in [-0.15, -0.1) is 0 Å². The number of nitrogens with one attached hydrogen (secondary N) is 3. The second-order valence-electron chi connectivity index (χ2n) is 6.60. The molecule has 1 heterocycles. The van der Waals surface area contributed by atoms with Crippen LogP contribution in [0.2, 0.25) is 0 Å². The quantitative estimate of drug-likeness (QED) is 0.748. The molecule has 5 nitrogen and oxygen atoms in total. The molecule has 0 aliphatic carbocycles. The molecule has 1 fully saturated rings. The van der Waals surface area contributed by atoms with E-state index in [0.29, 0.717) is 5.56 Å². The van der Waals surface area contributed by atoms with Crippen LogP contribution in [0.5, 0.6) is 0 Å². The van der Waals surface area contributed by atoms with Gasteiger partial charge in [0.2, 0.25) is 5.91 Å². The van der Waals surface area contributed by atoms with Crippen molar-refractivity contribution in [1.29, 1.82) is 0 Å². The number of piperidine rings is 1. The first-order valence-corrected chi connectivity index (χ1v) is 9.13. The highest BCUT2D eigenvalue weighted by atomic mass is 16.2.